The lowest BCUT2D eigenvalue weighted by molar-refractivity contribution is 0.251. The van der Waals surface area contributed by atoms with Crippen LogP contribution >= 0.6 is 0 Å². The van der Waals surface area contributed by atoms with Crippen molar-refractivity contribution in [2.75, 3.05) is 18.1 Å². The number of carbonyl (C=O) groups excluding carboxylic acids is 1. The molecular formula is C21H23N5O3S. The molecule has 0 bridgehead atoms. The highest BCUT2D eigenvalue weighted by molar-refractivity contribution is 7.88. The zero-order chi connectivity index (χ0) is 21.1. The number of urea groups is 1. The number of hydrogen-bond acceptors (Lipinski definition) is 4. The van der Waals surface area contributed by atoms with E-state index in [1.54, 1.807) is 12.5 Å². The number of imidazole rings is 1. The molecule has 4 rings (SSSR count). The van der Waals surface area contributed by atoms with Gasteiger partial charge in [-0.05, 0) is 35.2 Å². The van der Waals surface area contributed by atoms with Crippen LogP contribution in [-0.2, 0) is 29.5 Å². The van der Waals surface area contributed by atoms with E-state index in [-0.39, 0.29) is 6.03 Å². The first-order valence-corrected chi connectivity index (χ1v) is 11.4. The molecule has 0 unspecified atom stereocenters. The minimum absolute atomic E-state index is 0.311. The summed E-state index contributed by atoms with van der Waals surface area (Å²) in [5.41, 5.74) is 4.51. The van der Waals surface area contributed by atoms with Gasteiger partial charge >= 0.3 is 6.03 Å². The fraction of sp³-hybridized carbons (Fsp3) is 0.238. The van der Waals surface area contributed by atoms with E-state index in [1.165, 1.54) is 10.6 Å². The molecule has 0 fully saturated rings. The van der Waals surface area contributed by atoms with Crippen molar-refractivity contribution in [2.24, 2.45) is 0 Å². The van der Waals surface area contributed by atoms with Crippen molar-refractivity contribution in [2.45, 2.75) is 19.5 Å². The Kier molecular flexibility index (Phi) is 5.56. The van der Waals surface area contributed by atoms with Gasteiger partial charge in [0.1, 0.15) is 0 Å². The predicted molar refractivity (Wildman–Crippen MR) is 115 cm³/mol. The second-order valence-corrected chi connectivity index (χ2v) is 9.18. The summed E-state index contributed by atoms with van der Waals surface area (Å²) in [5.74, 6) is 0. The predicted octanol–water partition coefficient (Wildman–Crippen LogP) is 2.51. The molecule has 3 aromatic rings. The van der Waals surface area contributed by atoms with E-state index in [0.29, 0.717) is 31.7 Å². The van der Waals surface area contributed by atoms with Crippen LogP contribution in [-0.4, -0.2) is 41.1 Å². The van der Waals surface area contributed by atoms with E-state index < -0.39 is 10.0 Å². The van der Waals surface area contributed by atoms with E-state index in [4.69, 9.17) is 0 Å². The normalized spacial score (nSPS) is 14.2. The maximum atomic E-state index is 12.5. The standard InChI is InChI=1S/C21H23N5O3S/c1-30(28,29)26-11-9-18-17(14-26)6-4-7-19(18)24-21(27)23-13-16-5-2-3-8-20(16)25-12-10-22-15-25/h2-8,10,12,15H,9,11,13-14H2,1H3,(H2,23,24,27). The van der Waals surface area contributed by atoms with Crippen molar-refractivity contribution in [1.29, 1.82) is 0 Å². The molecule has 156 valence electrons. The number of amides is 2. The van der Waals surface area contributed by atoms with E-state index in [1.807, 2.05) is 53.2 Å². The summed E-state index contributed by atoms with van der Waals surface area (Å²) in [5, 5.41) is 5.81. The first-order valence-electron chi connectivity index (χ1n) is 9.59. The molecule has 2 amide bonds. The molecule has 30 heavy (non-hydrogen) atoms. The molecule has 2 N–H and O–H groups in total. The highest BCUT2D eigenvalue weighted by Crippen LogP contribution is 2.27. The molecule has 0 spiro atoms. The average Bonchev–Trinajstić information content (AvgIpc) is 3.26. The molecule has 2 heterocycles. The summed E-state index contributed by atoms with van der Waals surface area (Å²) >= 11 is 0. The molecule has 0 saturated heterocycles. The number of para-hydroxylation sites is 1. The summed E-state index contributed by atoms with van der Waals surface area (Å²) in [6.07, 6.45) is 7.06. The highest BCUT2D eigenvalue weighted by Gasteiger charge is 2.24. The van der Waals surface area contributed by atoms with Crippen LogP contribution in [0.5, 0.6) is 0 Å². The smallest absolute Gasteiger partial charge is 0.319 e. The van der Waals surface area contributed by atoms with Crippen LogP contribution in [0.3, 0.4) is 0 Å². The molecule has 0 atom stereocenters. The lowest BCUT2D eigenvalue weighted by Crippen LogP contribution is -2.36. The Balaban J connectivity index is 1.44. The fourth-order valence-electron chi connectivity index (χ4n) is 3.64. The van der Waals surface area contributed by atoms with Gasteiger partial charge in [0.05, 0.1) is 18.3 Å². The Morgan fingerprint density at radius 2 is 2.00 bits per heavy atom. The summed E-state index contributed by atoms with van der Waals surface area (Å²) in [4.78, 5) is 16.6. The van der Waals surface area contributed by atoms with Crippen LogP contribution in [0.1, 0.15) is 16.7 Å². The van der Waals surface area contributed by atoms with Crippen LogP contribution in [0.25, 0.3) is 5.69 Å². The first-order chi connectivity index (χ1) is 14.4. The Morgan fingerprint density at radius 1 is 1.17 bits per heavy atom. The van der Waals surface area contributed by atoms with Gasteiger partial charge < -0.3 is 15.2 Å². The number of benzene rings is 2. The van der Waals surface area contributed by atoms with E-state index in [9.17, 15) is 13.2 Å². The van der Waals surface area contributed by atoms with E-state index in [0.717, 1.165) is 22.4 Å². The quantitative estimate of drug-likeness (QED) is 0.657. The van der Waals surface area contributed by atoms with Gasteiger partial charge in [-0.3, -0.25) is 0 Å². The van der Waals surface area contributed by atoms with Crippen molar-refractivity contribution < 1.29 is 13.2 Å². The summed E-state index contributed by atoms with van der Waals surface area (Å²) in [6, 6.07) is 13.1. The summed E-state index contributed by atoms with van der Waals surface area (Å²) in [7, 11) is -3.24. The number of hydrogen-bond donors (Lipinski definition) is 2. The van der Waals surface area contributed by atoms with E-state index >= 15 is 0 Å². The van der Waals surface area contributed by atoms with Crippen molar-refractivity contribution in [3.8, 4) is 5.69 Å². The number of nitrogens with one attached hydrogen (secondary N) is 2. The average molecular weight is 426 g/mol. The Bertz CT molecular complexity index is 1160. The number of rotatable bonds is 5. The largest absolute Gasteiger partial charge is 0.334 e. The minimum Gasteiger partial charge on any atom is -0.334 e. The van der Waals surface area contributed by atoms with Crippen LogP contribution in [0, 0.1) is 0 Å². The van der Waals surface area contributed by atoms with Gasteiger partial charge in [0, 0.05) is 37.7 Å². The molecular weight excluding hydrogens is 402 g/mol. The van der Waals surface area contributed by atoms with E-state index in [2.05, 4.69) is 15.6 Å². The maximum Gasteiger partial charge on any atom is 0.319 e. The lowest BCUT2D eigenvalue weighted by atomic mass is 9.99. The maximum absolute atomic E-state index is 12.5. The zero-order valence-electron chi connectivity index (χ0n) is 16.6. The molecule has 1 aliphatic rings. The summed E-state index contributed by atoms with van der Waals surface area (Å²) < 4.78 is 27.0. The monoisotopic (exact) mass is 425 g/mol. The number of sulfonamides is 1. The van der Waals surface area contributed by atoms with Gasteiger partial charge in [-0.1, -0.05) is 30.3 Å². The first kappa shape index (κ1) is 20.1. The Hall–Kier alpha value is -3.17. The number of nitrogens with zero attached hydrogens (tertiary/aromatic N) is 3. The molecule has 9 heteroatoms. The van der Waals surface area contributed by atoms with Gasteiger partial charge in [0.15, 0.2) is 0 Å². The van der Waals surface area contributed by atoms with Crippen LogP contribution in [0.4, 0.5) is 10.5 Å². The SMILES string of the molecule is CS(=O)(=O)N1CCc2c(cccc2NC(=O)NCc2ccccc2-n2ccnc2)C1. The third-order valence-corrected chi connectivity index (χ3v) is 6.41. The minimum atomic E-state index is -3.24. The van der Waals surface area contributed by atoms with Gasteiger partial charge in [-0.15, -0.1) is 0 Å². The fourth-order valence-corrected chi connectivity index (χ4v) is 4.44. The Morgan fingerprint density at radius 3 is 2.77 bits per heavy atom. The molecule has 1 aromatic heterocycles. The molecule has 2 aromatic carbocycles. The molecule has 0 saturated carbocycles. The molecule has 8 nitrogen and oxygen atoms in total. The molecule has 0 radical (unpaired) electrons. The van der Waals surface area contributed by atoms with Gasteiger partial charge in [-0.25, -0.2) is 18.2 Å². The highest BCUT2D eigenvalue weighted by atomic mass is 32.2. The van der Waals surface area contributed by atoms with Crippen molar-refractivity contribution in [3.63, 3.8) is 0 Å². The van der Waals surface area contributed by atoms with Crippen molar-refractivity contribution in [1.82, 2.24) is 19.2 Å². The topological polar surface area (TPSA) is 96.3 Å². The number of anilines is 1. The number of fused-ring (bicyclic) bond motifs is 1. The van der Waals surface area contributed by atoms with Crippen LogP contribution < -0.4 is 10.6 Å². The zero-order valence-corrected chi connectivity index (χ0v) is 17.4. The lowest BCUT2D eigenvalue weighted by Gasteiger charge is -2.28. The van der Waals surface area contributed by atoms with Gasteiger partial charge in [-0.2, -0.15) is 4.31 Å². The Labute approximate surface area is 175 Å². The molecule has 1 aliphatic heterocycles. The number of carbonyl (C=O) groups is 1. The van der Waals surface area contributed by atoms with Crippen molar-refractivity contribution in [3.05, 3.63) is 77.9 Å². The third kappa shape index (κ3) is 4.37. The second-order valence-electron chi connectivity index (χ2n) is 7.20. The third-order valence-electron chi connectivity index (χ3n) is 5.16. The van der Waals surface area contributed by atoms with Crippen molar-refractivity contribution >= 4 is 21.7 Å². The van der Waals surface area contributed by atoms with Crippen LogP contribution in [0.2, 0.25) is 0 Å². The van der Waals surface area contributed by atoms with Gasteiger partial charge in [0.25, 0.3) is 0 Å². The second kappa shape index (κ2) is 8.29. The van der Waals surface area contributed by atoms with Crippen LogP contribution in [0.15, 0.2) is 61.2 Å². The van der Waals surface area contributed by atoms with Gasteiger partial charge in [0.2, 0.25) is 10.0 Å². The molecule has 0 aliphatic carbocycles. The summed E-state index contributed by atoms with van der Waals surface area (Å²) in [6.45, 7) is 1.09. The number of aromatic nitrogens is 2.